The van der Waals surface area contributed by atoms with Crippen molar-refractivity contribution in [2.75, 3.05) is 0 Å². The van der Waals surface area contributed by atoms with Crippen LogP contribution in [0.4, 0.5) is 5.69 Å². The van der Waals surface area contributed by atoms with E-state index in [1.807, 2.05) is 18.2 Å². The molecule has 1 aromatic heterocycles. The van der Waals surface area contributed by atoms with E-state index in [1.165, 1.54) is 4.68 Å². The van der Waals surface area contributed by atoms with Crippen molar-refractivity contribution in [2.24, 2.45) is 0 Å². The average Bonchev–Trinajstić information content (AvgIpc) is 2.97. The van der Waals surface area contributed by atoms with Crippen molar-refractivity contribution in [3.63, 3.8) is 0 Å². The lowest BCUT2D eigenvalue weighted by Crippen LogP contribution is -2.71. The third-order valence-corrected chi connectivity index (χ3v) is 4.06. The van der Waals surface area contributed by atoms with E-state index in [1.54, 1.807) is 43.3 Å². The van der Waals surface area contributed by atoms with Gasteiger partial charge in [0.15, 0.2) is 0 Å². The van der Waals surface area contributed by atoms with Gasteiger partial charge in [-0.15, -0.1) is 0 Å². The quantitative estimate of drug-likeness (QED) is 0.351. The molecule has 0 saturated heterocycles. The van der Waals surface area contributed by atoms with E-state index in [0.717, 1.165) is 11.1 Å². The number of aliphatic hydroxyl groups is 2. The highest BCUT2D eigenvalue weighted by molar-refractivity contribution is 6.30. The summed E-state index contributed by atoms with van der Waals surface area (Å²) in [5.41, 5.74) is -0.745. The molecular formula is C18H18ClN3O4+2. The second-order valence-electron chi connectivity index (χ2n) is 6.01. The van der Waals surface area contributed by atoms with Gasteiger partial charge in [0.1, 0.15) is 11.3 Å². The standard InChI is InChI=1S/C18H16ClN3O4/c1-18(25,13-5-3-2-4-6-13)12-21-11-16(23)26-22(21)17(24)20-15-9-7-14(19)8-10-15/h2-11,25H,12H2,1H3/p+2. The molecule has 2 aromatic carbocycles. The number of benzene rings is 2. The SMILES string of the molecule is CC(O)(C[n+]1cc(=O)on1C(O)=[NH+]c1ccc(Cl)cc1)c1ccccc1. The van der Waals surface area contributed by atoms with Gasteiger partial charge in [-0.3, -0.25) is 0 Å². The molecule has 0 amide bonds. The van der Waals surface area contributed by atoms with Gasteiger partial charge in [0.2, 0.25) is 11.4 Å². The Kier molecular flexibility index (Phi) is 4.92. The Bertz CT molecular complexity index is 976. The zero-order chi connectivity index (χ0) is 18.7. The van der Waals surface area contributed by atoms with Crippen LogP contribution in [0.25, 0.3) is 0 Å². The molecule has 0 spiro atoms. The van der Waals surface area contributed by atoms with Gasteiger partial charge < -0.3 is 10.2 Å². The van der Waals surface area contributed by atoms with Crippen LogP contribution in [0.15, 0.2) is 70.1 Å². The van der Waals surface area contributed by atoms with Crippen molar-refractivity contribution in [3.05, 3.63) is 81.8 Å². The Morgan fingerprint density at radius 3 is 2.54 bits per heavy atom. The van der Waals surface area contributed by atoms with Crippen LogP contribution in [0, 0.1) is 0 Å². The molecule has 8 heteroatoms. The fraction of sp³-hybridized carbons (Fsp3) is 0.167. The van der Waals surface area contributed by atoms with Crippen LogP contribution in [0.5, 0.6) is 0 Å². The number of nitrogens with zero attached hydrogens (tertiary/aromatic N) is 2. The van der Waals surface area contributed by atoms with Gasteiger partial charge in [0.25, 0.3) is 0 Å². The molecule has 3 aromatic rings. The monoisotopic (exact) mass is 375 g/mol. The summed E-state index contributed by atoms with van der Waals surface area (Å²) in [6, 6.07) is 15.2. The van der Waals surface area contributed by atoms with Gasteiger partial charge in [-0.2, -0.15) is 9.52 Å². The van der Waals surface area contributed by atoms with Crippen molar-refractivity contribution in [2.45, 2.75) is 19.1 Å². The molecule has 0 aliphatic rings. The summed E-state index contributed by atoms with van der Waals surface area (Å²) in [7, 11) is 0. The third-order valence-electron chi connectivity index (χ3n) is 3.81. The summed E-state index contributed by atoms with van der Waals surface area (Å²) in [4.78, 5) is 15.3. The van der Waals surface area contributed by atoms with E-state index < -0.39 is 17.2 Å². The number of hydrogen-bond acceptors (Lipinski definition) is 3. The lowest BCUT2D eigenvalue weighted by atomic mass is 9.96. The minimum Gasteiger partial charge on any atom is -0.440 e. The number of hydrogen-bond donors (Lipinski definition) is 3. The van der Waals surface area contributed by atoms with Crippen LogP contribution in [0.1, 0.15) is 12.5 Å². The highest BCUT2D eigenvalue weighted by Gasteiger charge is 2.36. The highest BCUT2D eigenvalue weighted by Crippen LogP contribution is 2.19. The lowest BCUT2D eigenvalue weighted by molar-refractivity contribution is -0.792. The number of nitrogens with one attached hydrogen (secondary N) is 1. The maximum Gasteiger partial charge on any atom is 0.554 e. The van der Waals surface area contributed by atoms with Gasteiger partial charge >= 0.3 is 17.8 Å². The van der Waals surface area contributed by atoms with Gasteiger partial charge in [-0.25, -0.2) is 4.79 Å². The average molecular weight is 376 g/mol. The Labute approximate surface area is 154 Å². The second kappa shape index (κ2) is 7.15. The van der Waals surface area contributed by atoms with Crippen molar-refractivity contribution in [1.29, 1.82) is 0 Å². The van der Waals surface area contributed by atoms with E-state index in [2.05, 4.69) is 4.99 Å². The molecular weight excluding hydrogens is 358 g/mol. The molecule has 3 N–H and O–H groups in total. The van der Waals surface area contributed by atoms with E-state index in [4.69, 9.17) is 16.1 Å². The third kappa shape index (κ3) is 4.01. The highest BCUT2D eigenvalue weighted by atomic mass is 35.5. The largest absolute Gasteiger partial charge is 0.554 e. The zero-order valence-corrected chi connectivity index (χ0v) is 14.7. The fourth-order valence-corrected chi connectivity index (χ4v) is 2.65. The van der Waals surface area contributed by atoms with Crippen LogP contribution in [-0.4, -0.2) is 21.1 Å². The molecule has 1 heterocycles. The summed E-state index contributed by atoms with van der Waals surface area (Å²) in [5.74, 6) is 0. The number of halogens is 1. The normalized spacial score (nSPS) is 14.2. The minimum atomic E-state index is -1.29. The number of aliphatic hydroxyl groups excluding tert-OH is 1. The van der Waals surface area contributed by atoms with Gasteiger partial charge in [0, 0.05) is 9.70 Å². The molecule has 26 heavy (non-hydrogen) atoms. The van der Waals surface area contributed by atoms with E-state index in [-0.39, 0.29) is 6.54 Å². The lowest BCUT2D eigenvalue weighted by Gasteiger charge is -2.18. The Balaban J connectivity index is 1.93. The summed E-state index contributed by atoms with van der Waals surface area (Å²) < 4.78 is 6.28. The molecule has 134 valence electrons. The molecule has 0 radical (unpaired) electrons. The molecule has 1 unspecified atom stereocenters. The van der Waals surface area contributed by atoms with E-state index in [9.17, 15) is 15.0 Å². The van der Waals surface area contributed by atoms with Crippen molar-refractivity contribution < 1.29 is 24.4 Å². The fourth-order valence-electron chi connectivity index (χ4n) is 2.52. The Morgan fingerprint density at radius 2 is 1.88 bits per heavy atom. The van der Waals surface area contributed by atoms with Crippen LogP contribution in [0.2, 0.25) is 5.02 Å². The van der Waals surface area contributed by atoms with Gasteiger partial charge in [0.05, 0.1) is 0 Å². The van der Waals surface area contributed by atoms with Crippen molar-refractivity contribution in [1.82, 2.24) is 4.85 Å². The first-order chi connectivity index (χ1) is 12.3. The maximum absolute atomic E-state index is 11.7. The molecule has 7 nitrogen and oxygen atoms in total. The first kappa shape index (κ1) is 17.9. The summed E-state index contributed by atoms with van der Waals surface area (Å²) in [6.45, 7) is 1.59. The van der Waals surface area contributed by atoms with Crippen LogP contribution in [-0.2, 0) is 12.1 Å². The molecule has 0 fully saturated rings. The molecule has 1 atom stereocenters. The summed E-state index contributed by atoms with van der Waals surface area (Å²) in [5, 5.41) is 21.6. The summed E-state index contributed by atoms with van der Waals surface area (Å²) in [6.07, 6.45) is 1.15. The maximum atomic E-state index is 11.7. The first-order valence-corrected chi connectivity index (χ1v) is 8.23. The number of rotatable bonds is 4. The van der Waals surface area contributed by atoms with Gasteiger partial charge in [-0.05, 0) is 36.8 Å². The molecule has 0 saturated carbocycles. The van der Waals surface area contributed by atoms with Crippen molar-refractivity contribution in [3.8, 4) is 0 Å². The molecule has 0 bridgehead atoms. The molecule has 0 aliphatic carbocycles. The Morgan fingerprint density at radius 1 is 1.23 bits per heavy atom. The number of aromatic nitrogens is 2. The smallest absolute Gasteiger partial charge is 0.440 e. The minimum absolute atomic E-state index is 0.0187. The second-order valence-corrected chi connectivity index (χ2v) is 6.44. The predicted molar refractivity (Wildman–Crippen MR) is 94.3 cm³/mol. The topological polar surface area (TPSA) is 93.5 Å². The van der Waals surface area contributed by atoms with E-state index >= 15 is 0 Å². The Hall–Kier alpha value is -2.90. The van der Waals surface area contributed by atoms with Crippen LogP contribution < -0.4 is 15.3 Å². The van der Waals surface area contributed by atoms with Gasteiger partial charge in [-0.1, -0.05) is 41.9 Å². The van der Waals surface area contributed by atoms with Crippen LogP contribution in [0.3, 0.4) is 0 Å². The van der Waals surface area contributed by atoms with Crippen LogP contribution >= 0.6 is 11.6 Å². The zero-order valence-electron chi connectivity index (χ0n) is 14.0. The molecule has 3 rings (SSSR count). The van der Waals surface area contributed by atoms with E-state index in [0.29, 0.717) is 16.3 Å². The predicted octanol–water partition coefficient (Wildman–Crippen LogP) is 0.464. The first-order valence-electron chi connectivity index (χ1n) is 7.85. The summed E-state index contributed by atoms with van der Waals surface area (Å²) >= 11 is 5.83. The van der Waals surface area contributed by atoms with Crippen molar-refractivity contribution >= 4 is 23.3 Å². The molecule has 0 aliphatic heterocycles.